The van der Waals surface area contributed by atoms with Crippen molar-refractivity contribution in [3.8, 4) is 0 Å². The average Bonchev–Trinajstić information content (AvgIpc) is 2.72. The Balaban J connectivity index is 2.07. The summed E-state index contributed by atoms with van der Waals surface area (Å²) >= 11 is 0. The molecule has 4 nitrogen and oxygen atoms in total. The summed E-state index contributed by atoms with van der Waals surface area (Å²) in [5.74, 6) is 0.717. The fraction of sp³-hybridized carbons (Fsp3) is 0.600. The number of nitrogens with zero attached hydrogens (tertiary/aromatic N) is 1. The van der Waals surface area contributed by atoms with E-state index < -0.39 is 0 Å². The second kappa shape index (κ2) is 4.51. The van der Waals surface area contributed by atoms with Crippen LogP contribution in [0, 0.1) is 10.8 Å². The first-order chi connectivity index (χ1) is 8.80. The number of hydrogen-bond donors (Lipinski definition) is 2. The van der Waals surface area contributed by atoms with E-state index >= 15 is 0 Å². The fourth-order valence-corrected chi connectivity index (χ4v) is 2.62. The van der Waals surface area contributed by atoms with E-state index in [4.69, 9.17) is 0 Å². The molecule has 1 aromatic heterocycles. The minimum absolute atomic E-state index is 0.0230. The highest BCUT2D eigenvalue weighted by molar-refractivity contribution is 5.95. The third kappa shape index (κ3) is 2.31. The van der Waals surface area contributed by atoms with Crippen LogP contribution in [0.25, 0.3) is 0 Å². The summed E-state index contributed by atoms with van der Waals surface area (Å²) in [6.07, 6.45) is 1.66. The van der Waals surface area contributed by atoms with Crippen LogP contribution in [0.15, 0.2) is 18.3 Å². The maximum absolute atomic E-state index is 12.3. The van der Waals surface area contributed by atoms with E-state index in [1.165, 1.54) is 0 Å². The first kappa shape index (κ1) is 13.8. The fourth-order valence-electron chi connectivity index (χ4n) is 2.62. The summed E-state index contributed by atoms with van der Waals surface area (Å²) in [5, 5.41) is 6.24. The van der Waals surface area contributed by atoms with Crippen molar-refractivity contribution in [1.29, 1.82) is 0 Å². The molecule has 1 heterocycles. The quantitative estimate of drug-likeness (QED) is 0.876. The van der Waals surface area contributed by atoms with Gasteiger partial charge in [-0.25, -0.2) is 4.98 Å². The second-order valence-corrected chi connectivity index (χ2v) is 6.31. The predicted octanol–water partition coefficient (Wildman–Crippen LogP) is 2.68. The van der Waals surface area contributed by atoms with E-state index in [0.29, 0.717) is 5.56 Å². The molecule has 4 heteroatoms. The van der Waals surface area contributed by atoms with Gasteiger partial charge in [0.2, 0.25) is 0 Å². The lowest BCUT2D eigenvalue weighted by Crippen LogP contribution is -2.29. The summed E-state index contributed by atoms with van der Waals surface area (Å²) in [5.41, 5.74) is 0.963. The number of nitrogens with one attached hydrogen (secondary N) is 2. The number of rotatable bonds is 4. The molecule has 1 fully saturated rings. The van der Waals surface area contributed by atoms with E-state index in [0.717, 1.165) is 12.4 Å². The summed E-state index contributed by atoms with van der Waals surface area (Å²) in [6, 6.07) is 3.77. The van der Waals surface area contributed by atoms with Gasteiger partial charge in [-0.2, -0.15) is 0 Å². The second-order valence-electron chi connectivity index (χ2n) is 6.31. The number of pyridine rings is 1. The molecule has 1 aliphatic carbocycles. The van der Waals surface area contributed by atoms with Crippen molar-refractivity contribution in [2.45, 2.75) is 40.7 Å². The van der Waals surface area contributed by atoms with Crippen molar-refractivity contribution in [2.24, 2.45) is 10.8 Å². The van der Waals surface area contributed by atoms with Crippen molar-refractivity contribution in [2.75, 3.05) is 11.9 Å². The molecular weight excluding hydrogens is 238 g/mol. The van der Waals surface area contributed by atoms with Crippen molar-refractivity contribution in [1.82, 2.24) is 10.3 Å². The number of carbonyl (C=O) groups excluding carboxylic acids is 1. The van der Waals surface area contributed by atoms with Gasteiger partial charge < -0.3 is 10.6 Å². The average molecular weight is 261 g/mol. The summed E-state index contributed by atoms with van der Waals surface area (Å²) in [6.45, 7) is 11.6. The third-order valence-corrected chi connectivity index (χ3v) is 4.68. The lowest BCUT2D eigenvalue weighted by atomic mass is 10.0. The van der Waals surface area contributed by atoms with Crippen LogP contribution in [0.3, 0.4) is 0 Å². The molecule has 2 rings (SSSR count). The summed E-state index contributed by atoms with van der Waals surface area (Å²) < 4.78 is 0. The Kier molecular flexibility index (Phi) is 3.29. The zero-order valence-electron chi connectivity index (χ0n) is 12.4. The van der Waals surface area contributed by atoms with Gasteiger partial charge in [0.15, 0.2) is 0 Å². The van der Waals surface area contributed by atoms with Crippen LogP contribution in [0.1, 0.15) is 45.0 Å². The predicted molar refractivity (Wildman–Crippen MR) is 77.2 cm³/mol. The van der Waals surface area contributed by atoms with Gasteiger partial charge in [0, 0.05) is 24.3 Å². The van der Waals surface area contributed by atoms with Crippen LogP contribution in [0.5, 0.6) is 0 Å². The Labute approximate surface area is 115 Å². The minimum atomic E-state index is -0.0230. The maximum atomic E-state index is 12.3. The van der Waals surface area contributed by atoms with Crippen LogP contribution < -0.4 is 10.6 Å². The molecule has 0 unspecified atom stereocenters. The van der Waals surface area contributed by atoms with Gasteiger partial charge >= 0.3 is 0 Å². The summed E-state index contributed by atoms with van der Waals surface area (Å²) in [4.78, 5) is 16.4. The lowest BCUT2D eigenvalue weighted by molar-refractivity contribution is 0.0943. The van der Waals surface area contributed by atoms with Gasteiger partial charge in [-0.15, -0.1) is 0 Å². The van der Waals surface area contributed by atoms with E-state index in [1.807, 2.05) is 6.92 Å². The Hall–Kier alpha value is -1.58. The first-order valence-electron chi connectivity index (χ1n) is 6.81. The third-order valence-electron chi connectivity index (χ3n) is 4.68. The zero-order valence-corrected chi connectivity index (χ0v) is 12.4. The van der Waals surface area contributed by atoms with E-state index in [1.54, 1.807) is 18.3 Å². The van der Waals surface area contributed by atoms with Crippen molar-refractivity contribution in [3.05, 3.63) is 23.9 Å². The molecule has 104 valence electrons. The molecule has 19 heavy (non-hydrogen) atoms. The van der Waals surface area contributed by atoms with Crippen LogP contribution >= 0.6 is 0 Å². The molecule has 0 bridgehead atoms. The van der Waals surface area contributed by atoms with E-state index in [-0.39, 0.29) is 22.8 Å². The van der Waals surface area contributed by atoms with Crippen LogP contribution in [0.2, 0.25) is 0 Å². The Morgan fingerprint density at radius 3 is 2.47 bits per heavy atom. The molecule has 0 radical (unpaired) electrons. The topological polar surface area (TPSA) is 54.0 Å². The van der Waals surface area contributed by atoms with Crippen molar-refractivity contribution in [3.63, 3.8) is 0 Å². The number of aromatic nitrogens is 1. The molecule has 2 N–H and O–H groups in total. The highest BCUT2D eigenvalue weighted by Gasteiger charge is 2.65. The summed E-state index contributed by atoms with van der Waals surface area (Å²) in [7, 11) is 0. The number of amides is 1. The van der Waals surface area contributed by atoms with E-state index in [9.17, 15) is 4.79 Å². The molecule has 0 spiro atoms. The maximum Gasteiger partial charge on any atom is 0.251 e. The van der Waals surface area contributed by atoms with Crippen molar-refractivity contribution < 1.29 is 4.79 Å². The molecule has 1 amide bonds. The smallest absolute Gasteiger partial charge is 0.251 e. The van der Waals surface area contributed by atoms with Gasteiger partial charge in [-0.1, -0.05) is 27.7 Å². The Morgan fingerprint density at radius 2 is 1.95 bits per heavy atom. The van der Waals surface area contributed by atoms with Crippen LogP contribution in [0.4, 0.5) is 5.82 Å². The van der Waals surface area contributed by atoms with Crippen LogP contribution in [-0.4, -0.2) is 23.5 Å². The van der Waals surface area contributed by atoms with Gasteiger partial charge in [-0.05, 0) is 29.9 Å². The zero-order chi connectivity index (χ0) is 14.3. The molecule has 0 atom stereocenters. The number of hydrogen-bond acceptors (Lipinski definition) is 3. The van der Waals surface area contributed by atoms with Crippen LogP contribution in [-0.2, 0) is 0 Å². The van der Waals surface area contributed by atoms with Gasteiger partial charge in [0.25, 0.3) is 5.91 Å². The highest BCUT2D eigenvalue weighted by atomic mass is 16.1. The SMILES string of the molecule is CCNc1cc(C(=O)NC2C(C)(C)C2(C)C)ccn1. The molecular formula is C15H23N3O. The molecule has 1 aromatic rings. The minimum Gasteiger partial charge on any atom is -0.370 e. The first-order valence-corrected chi connectivity index (χ1v) is 6.81. The largest absolute Gasteiger partial charge is 0.370 e. The number of anilines is 1. The molecule has 1 aliphatic rings. The van der Waals surface area contributed by atoms with Gasteiger partial charge in [0.05, 0.1) is 0 Å². The van der Waals surface area contributed by atoms with E-state index in [2.05, 4.69) is 43.3 Å². The molecule has 0 saturated heterocycles. The number of carbonyl (C=O) groups is 1. The van der Waals surface area contributed by atoms with Crippen molar-refractivity contribution >= 4 is 11.7 Å². The van der Waals surface area contributed by atoms with Gasteiger partial charge in [-0.3, -0.25) is 4.79 Å². The normalized spacial score (nSPS) is 19.8. The monoisotopic (exact) mass is 261 g/mol. The molecule has 1 saturated carbocycles. The Morgan fingerprint density at radius 1 is 1.32 bits per heavy atom. The standard InChI is InChI=1S/C15H23N3O/c1-6-16-11-9-10(7-8-17-11)12(19)18-13-14(2,3)15(13,4)5/h7-9,13H,6H2,1-5H3,(H,16,17)(H,18,19). The van der Waals surface area contributed by atoms with Gasteiger partial charge in [0.1, 0.15) is 5.82 Å². The lowest BCUT2D eigenvalue weighted by Gasteiger charge is -2.08. The Bertz CT molecular complexity index is 480. The molecule has 0 aromatic carbocycles. The highest BCUT2D eigenvalue weighted by Crippen LogP contribution is 2.62. The molecule has 0 aliphatic heterocycles.